The van der Waals surface area contributed by atoms with Gasteiger partial charge in [-0.1, -0.05) is 36.4 Å². The molecule has 0 spiro atoms. The van der Waals surface area contributed by atoms with Gasteiger partial charge in [-0.2, -0.15) is 0 Å². The number of benzene rings is 2. The first-order valence-corrected chi connectivity index (χ1v) is 7.18. The van der Waals surface area contributed by atoms with Gasteiger partial charge in [-0.3, -0.25) is 4.79 Å². The van der Waals surface area contributed by atoms with E-state index in [-0.39, 0.29) is 5.91 Å². The normalized spacial score (nSPS) is 13.7. The van der Waals surface area contributed by atoms with Crippen LogP contribution in [-0.4, -0.2) is 5.91 Å². The highest BCUT2D eigenvalue weighted by molar-refractivity contribution is 5.89. The summed E-state index contributed by atoms with van der Waals surface area (Å²) in [6.45, 7) is 1.57. The number of hydrogen-bond acceptors (Lipinski definition) is 1. The predicted molar refractivity (Wildman–Crippen MR) is 82.0 cm³/mol. The van der Waals surface area contributed by atoms with Crippen molar-refractivity contribution in [2.24, 2.45) is 0 Å². The van der Waals surface area contributed by atoms with Gasteiger partial charge in [0.1, 0.15) is 0 Å². The Morgan fingerprint density at radius 1 is 0.850 bits per heavy atom. The summed E-state index contributed by atoms with van der Waals surface area (Å²) in [7, 11) is 0. The molecule has 0 atom stereocenters. The summed E-state index contributed by atoms with van der Waals surface area (Å²) in [4.78, 5) is 11.4. The minimum absolute atomic E-state index is 0.00108. The molecule has 102 valence electrons. The van der Waals surface area contributed by atoms with Gasteiger partial charge in [0.25, 0.3) is 0 Å². The first kappa shape index (κ1) is 12.9. The Balaban J connectivity index is 1.97. The Morgan fingerprint density at radius 2 is 1.40 bits per heavy atom. The molecule has 4 aliphatic carbocycles. The van der Waals surface area contributed by atoms with E-state index in [0.29, 0.717) is 0 Å². The molecule has 2 heteroatoms. The van der Waals surface area contributed by atoms with Gasteiger partial charge in [0, 0.05) is 12.6 Å². The minimum atomic E-state index is -0.00108. The zero-order valence-corrected chi connectivity index (χ0v) is 11.8. The molecule has 2 aromatic rings. The lowest BCUT2D eigenvalue weighted by Gasteiger charge is -2.14. The molecule has 0 saturated heterocycles. The van der Waals surface area contributed by atoms with E-state index in [1.165, 1.54) is 22.3 Å². The Labute approximate surface area is 119 Å². The molecule has 1 amide bonds. The number of carbonyl (C=O) groups excluding carboxylic acids is 1. The van der Waals surface area contributed by atoms with Gasteiger partial charge < -0.3 is 5.32 Å². The number of hydrogen-bond donors (Lipinski definition) is 1. The number of carbonyl (C=O) groups is 1. The fraction of sp³-hybridized carbons (Fsp3) is 0.278. The number of anilines is 1. The molecule has 2 nitrogen and oxygen atoms in total. The Hall–Kier alpha value is -2.09. The molecule has 2 aromatic carbocycles. The summed E-state index contributed by atoms with van der Waals surface area (Å²) < 4.78 is 0. The van der Waals surface area contributed by atoms with E-state index in [4.69, 9.17) is 0 Å². The van der Waals surface area contributed by atoms with Crippen molar-refractivity contribution in [2.75, 3.05) is 5.32 Å². The van der Waals surface area contributed by atoms with Gasteiger partial charge in [-0.25, -0.2) is 0 Å². The zero-order chi connectivity index (χ0) is 13.9. The summed E-state index contributed by atoms with van der Waals surface area (Å²) in [5.41, 5.74) is 6.20. The Bertz CT molecular complexity index is 628. The highest BCUT2D eigenvalue weighted by atomic mass is 16.1. The van der Waals surface area contributed by atoms with E-state index in [2.05, 4.69) is 47.8 Å². The Morgan fingerprint density at radius 3 is 2.05 bits per heavy atom. The lowest BCUT2D eigenvalue weighted by molar-refractivity contribution is -0.114. The molecule has 1 N–H and O–H groups in total. The quantitative estimate of drug-likeness (QED) is 0.839. The summed E-state index contributed by atoms with van der Waals surface area (Å²) in [5.74, 6) is -0.00108. The van der Waals surface area contributed by atoms with Crippen LogP contribution in [0, 0.1) is 0 Å². The van der Waals surface area contributed by atoms with Crippen molar-refractivity contribution >= 4 is 11.6 Å². The van der Waals surface area contributed by atoms with Crippen molar-refractivity contribution in [1.29, 1.82) is 0 Å². The molecule has 0 saturated carbocycles. The van der Waals surface area contributed by atoms with Crippen LogP contribution in [0.5, 0.6) is 0 Å². The summed E-state index contributed by atoms with van der Waals surface area (Å²) in [5, 5.41) is 2.97. The van der Waals surface area contributed by atoms with Gasteiger partial charge >= 0.3 is 0 Å². The third kappa shape index (κ3) is 2.90. The molecule has 20 heavy (non-hydrogen) atoms. The maximum atomic E-state index is 11.4. The smallest absolute Gasteiger partial charge is 0.221 e. The molecule has 0 aliphatic heterocycles. The van der Waals surface area contributed by atoms with E-state index in [1.54, 1.807) is 6.92 Å². The molecule has 4 aliphatic rings. The second kappa shape index (κ2) is 5.49. The van der Waals surface area contributed by atoms with Crippen LogP contribution in [-0.2, 0) is 30.5 Å². The summed E-state index contributed by atoms with van der Waals surface area (Å²) >= 11 is 0. The second-order valence-corrected chi connectivity index (χ2v) is 5.49. The number of nitrogens with one attached hydrogen (secondary N) is 1. The summed E-state index contributed by atoms with van der Waals surface area (Å²) in [6, 6.07) is 15.4. The molecule has 0 aromatic heterocycles. The molecular weight excluding hydrogens is 246 g/mol. The molecule has 0 fully saturated rings. The fourth-order valence-corrected chi connectivity index (χ4v) is 2.74. The molecule has 0 unspecified atom stereocenters. The molecular formula is C18H19NO. The van der Waals surface area contributed by atoms with Crippen molar-refractivity contribution in [3.8, 4) is 0 Å². The van der Waals surface area contributed by atoms with E-state index in [1.807, 2.05) is 0 Å². The van der Waals surface area contributed by atoms with E-state index in [0.717, 1.165) is 31.4 Å². The molecule has 0 radical (unpaired) electrons. The second-order valence-electron chi connectivity index (χ2n) is 5.49. The van der Waals surface area contributed by atoms with Crippen LogP contribution in [0.3, 0.4) is 0 Å². The number of amides is 1. The van der Waals surface area contributed by atoms with Gasteiger partial charge in [-0.05, 0) is 54.0 Å². The average Bonchev–Trinajstić information content (AvgIpc) is 2.42. The fourth-order valence-electron chi connectivity index (χ4n) is 2.74. The van der Waals surface area contributed by atoms with Crippen LogP contribution in [0.4, 0.5) is 5.69 Å². The van der Waals surface area contributed by atoms with Crippen LogP contribution in [0.1, 0.15) is 29.2 Å². The van der Waals surface area contributed by atoms with E-state index in [9.17, 15) is 4.79 Å². The van der Waals surface area contributed by atoms with Gasteiger partial charge in [0.05, 0.1) is 0 Å². The zero-order valence-electron chi connectivity index (χ0n) is 11.8. The Kier molecular flexibility index (Phi) is 3.55. The monoisotopic (exact) mass is 265 g/mol. The minimum Gasteiger partial charge on any atom is -0.326 e. The van der Waals surface area contributed by atoms with Crippen molar-refractivity contribution < 1.29 is 4.79 Å². The number of rotatable bonds is 1. The van der Waals surface area contributed by atoms with Crippen LogP contribution in [0.15, 0.2) is 42.5 Å². The third-order valence-electron chi connectivity index (χ3n) is 3.89. The van der Waals surface area contributed by atoms with Crippen LogP contribution < -0.4 is 5.32 Å². The average molecular weight is 265 g/mol. The van der Waals surface area contributed by atoms with Gasteiger partial charge in [0.2, 0.25) is 5.91 Å². The molecule has 0 heterocycles. The van der Waals surface area contributed by atoms with Crippen molar-refractivity contribution in [1.82, 2.24) is 0 Å². The van der Waals surface area contributed by atoms with Crippen LogP contribution in [0.2, 0.25) is 0 Å². The largest absolute Gasteiger partial charge is 0.326 e. The van der Waals surface area contributed by atoms with Crippen LogP contribution >= 0.6 is 0 Å². The van der Waals surface area contributed by atoms with E-state index < -0.39 is 0 Å². The molecule has 6 rings (SSSR count). The predicted octanol–water partition coefficient (Wildman–Crippen LogP) is 3.53. The van der Waals surface area contributed by atoms with Gasteiger partial charge in [0.15, 0.2) is 0 Å². The standard InChI is InChI=1S/C18H19NO/c1-13(20)19-18-12-16-7-6-14-2-4-15(5-3-14)8-10-17(18)11-9-16/h2-5,9,11-12H,6-8,10H2,1H3,(H,19,20). The lowest BCUT2D eigenvalue weighted by Crippen LogP contribution is -2.10. The maximum Gasteiger partial charge on any atom is 0.221 e. The van der Waals surface area contributed by atoms with Crippen LogP contribution in [0.25, 0.3) is 0 Å². The highest BCUT2D eigenvalue weighted by Crippen LogP contribution is 2.22. The first-order chi connectivity index (χ1) is 9.70. The van der Waals surface area contributed by atoms with E-state index >= 15 is 0 Å². The molecule has 4 bridgehead atoms. The van der Waals surface area contributed by atoms with Gasteiger partial charge in [-0.15, -0.1) is 0 Å². The van der Waals surface area contributed by atoms with Crippen molar-refractivity contribution in [3.63, 3.8) is 0 Å². The third-order valence-corrected chi connectivity index (χ3v) is 3.89. The maximum absolute atomic E-state index is 11.4. The SMILES string of the molecule is CC(=O)Nc1cc2ccc1CCc1ccc(cc1)CC2. The topological polar surface area (TPSA) is 29.1 Å². The first-order valence-electron chi connectivity index (χ1n) is 7.18. The highest BCUT2D eigenvalue weighted by Gasteiger charge is 2.08. The summed E-state index contributed by atoms with van der Waals surface area (Å²) in [6.07, 6.45) is 4.01. The lowest BCUT2D eigenvalue weighted by atomic mass is 9.95. The van der Waals surface area contributed by atoms with Crippen molar-refractivity contribution in [3.05, 3.63) is 64.7 Å². The van der Waals surface area contributed by atoms with Crippen molar-refractivity contribution in [2.45, 2.75) is 32.6 Å². The number of aryl methyl sites for hydroxylation is 4.